The molecule has 1 aliphatic heterocycles. The van der Waals surface area contributed by atoms with Gasteiger partial charge in [-0.05, 0) is 24.3 Å². The Hall–Kier alpha value is -2.40. The lowest BCUT2D eigenvalue weighted by atomic mass is 10.2. The van der Waals surface area contributed by atoms with Gasteiger partial charge in [-0.3, -0.25) is 0 Å². The molecule has 0 bridgehead atoms. The van der Waals surface area contributed by atoms with Gasteiger partial charge in [-0.2, -0.15) is 5.10 Å². The minimum absolute atomic E-state index is 0.979. The SMILES string of the molecule is c1cc(-c2cnn3ccccc23)nc(N2CCNCC2)c1. The predicted molar refractivity (Wildman–Crippen MR) is 83.5 cm³/mol. The summed E-state index contributed by atoms with van der Waals surface area (Å²) in [5, 5.41) is 7.76. The van der Waals surface area contributed by atoms with E-state index in [0.717, 1.165) is 48.8 Å². The molecule has 106 valence electrons. The molecule has 0 radical (unpaired) electrons. The molecule has 4 rings (SSSR count). The Labute approximate surface area is 123 Å². The van der Waals surface area contributed by atoms with Crippen LogP contribution in [-0.4, -0.2) is 40.8 Å². The maximum atomic E-state index is 4.83. The molecule has 0 aliphatic carbocycles. The van der Waals surface area contributed by atoms with Crippen molar-refractivity contribution in [1.29, 1.82) is 0 Å². The van der Waals surface area contributed by atoms with Crippen LogP contribution in [0.4, 0.5) is 5.82 Å². The van der Waals surface area contributed by atoms with Gasteiger partial charge in [-0.25, -0.2) is 9.50 Å². The van der Waals surface area contributed by atoms with Crippen LogP contribution in [0.3, 0.4) is 0 Å². The Bertz CT molecular complexity index is 758. The van der Waals surface area contributed by atoms with E-state index < -0.39 is 0 Å². The molecule has 21 heavy (non-hydrogen) atoms. The summed E-state index contributed by atoms with van der Waals surface area (Å²) in [5.41, 5.74) is 3.14. The lowest BCUT2D eigenvalue weighted by Crippen LogP contribution is -2.43. The van der Waals surface area contributed by atoms with Crippen LogP contribution in [0.25, 0.3) is 16.8 Å². The average molecular weight is 279 g/mol. The van der Waals surface area contributed by atoms with Crippen LogP contribution in [0.2, 0.25) is 0 Å². The molecule has 4 heterocycles. The Morgan fingerprint density at radius 3 is 2.81 bits per heavy atom. The Morgan fingerprint density at radius 1 is 1.00 bits per heavy atom. The van der Waals surface area contributed by atoms with Crippen LogP contribution in [-0.2, 0) is 0 Å². The quantitative estimate of drug-likeness (QED) is 0.777. The predicted octanol–water partition coefficient (Wildman–Crippen LogP) is 1.81. The summed E-state index contributed by atoms with van der Waals surface area (Å²) in [4.78, 5) is 7.16. The van der Waals surface area contributed by atoms with Gasteiger partial charge in [0.15, 0.2) is 0 Å². The number of aromatic nitrogens is 3. The van der Waals surface area contributed by atoms with E-state index in [9.17, 15) is 0 Å². The minimum atomic E-state index is 0.979. The molecule has 0 atom stereocenters. The molecule has 1 fully saturated rings. The van der Waals surface area contributed by atoms with E-state index in [-0.39, 0.29) is 0 Å². The van der Waals surface area contributed by atoms with Gasteiger partial charge in [0.05, 0.1) is 17.4 Å². The second kappa shape index (κ2) is 5.18. The fourth-order valence-corrected chi connectivity index (χ4v) is 2.78. The highest BCUT2D eigenvalue weighted by Crippen LogP contribution is 2.24. The number of rotatable bonds is 2. The first kappa shape index (κ1) is 12.3. The smallest absolute Gasteiger partial charge is 0.129 e. The Balaban J connectivity index is 1.75. The third kappa shape index (κ3) is 2.25. The van der Waals surface area contributed by atoms with E-state index in [1.807, 2.05) is 29.0 Å². The van der Waals surface area contributed by atoms with Crippen LogP contribution in [0.1, 0.15) is 0 Å². The van der Waals surface area contributed by atoms with Crippen molar-refractivity contribution in [2.45, 2.75) is 0 Å². The monoisotopic (exact) mass is 279 g/mol. The number of pyridine rings is 2. The van der Waals surface area contributed by atoms with Gasteiger partial charge in [-0.1, -0.05) is 12.1 Å². The lowest BCUT2D eigenvalue weighted by molar-refractivity contribution is 0.585. The van der Waals surface area contributed by atoms with Crippen molar-refractivity contribution in [1.82, 2.24) is 19.9 Å². The van der Waals surface area contributed by atoms with E-state index in [4.69, 9.17) is 4.98 Å². The van der Waals surface area contributed by atoms with Crippen molar-refractivity contribution in [2.75, 3.05) is 31.1 Å². The summed E-state index contributed by atoms with van der Waals surface area (Å²) in [6, 6.07) is 12.3. The molecule has 0 amide bonds. The van der Waals surface area contributed by atoms with E-state index in [1.165, 1.54) is 0 Å². The van der Waals surface area contributed by atoms with Crippen LogP contribution in [0, 0.1) is 0 Å². The highest BCUT2D eigenvalue weighted by atomic mass is 15.2. The van der Waals surface area contributed by atoms with E-state index in [0.29, 0.717) is 0 Å². The van der Waals surface area contributed by atoms with Crippen LogP contribution in [0.15, 0.2) is 48.8 Å². The fraction of sp³-hybridized carbons (Fsp3) is 0.250. The summed E-state index contributed by atoms with van der Waals surface area (Å²) in [7, 11) is 0. The van der Waals surface area contributed by atoms with Gasteiger partial charge in [0, 0.05) is 37.9 Å². The Kier molecular flexibility index (Phi) is 3.05. The first-order valence-electron chi connectivity index (χ1n) is 7.27. The molecule has 5 nitrogen and oxygen atoms in total. The second-order valence-corrected chi connectivity index (χ2v) is 5.21. The third-order valence-electron chi connectivity index (χ3n) is 3.88. The first-order chi connectivity index (χ1) is 10.4. The molecular weight excluding hydrogens is 262 g/mol. The summed E-state index contributed by atoms with van der Waals surface area (Å²) in [6.45, 7) is 4.04. The van der Waals surface area contributed by atoms with E-state index >= 15 is 0 Å². The zero-order valence-corrected chi connectivity index (χ0v) is 11.7. The standard InChI is InChI=1S/C16H17N5/c1-2-9-21-15(5-1)13(12-18-21)14-4-3-6-16(19-14)20-10-7-17-8-11-20/h1-6,9,12,17H,7-8,10-11H2. The molecule has 3 aromatic heterocycles. The first-order valence-corrected chi connectivity index (χ1v) is 7.27. The molecule has 0 aromatic carbocycles. The van der Waals surface area contributed by atoms with Gasteiger partial charge in [-0.15, -0.1) is 0 Å². The van der Waals surface area contributed by atoms with E-state index in [1.54, 1.807) is 0 Å². The fourth-order valence-electron chi connectivity index (χ4n) is 2.78. The zero-order valence-electron chi connectivity index (χ0n) is 11.7. The Morgan fingerprint density at radius 2 is 1.90 bits per heavy atom. The zero-order chi connectivity index (χ0) is 14.1. The number of hydrogen-bond acceptors (Lipinski definition) is 4. The minimum Gasteiger partial charge on any atom is -0.354 e. The molecule has 0 saturated carbocycles. The number of piperazine rings is 1. The normalized spacial score (nSPS) is 15.5. The van der Waals surface area contributed by atoms with Crippen molar-refractivity contribution in [3.8, 4) is 11.3 Å². The molecule has 3 aromatic rings. The lowest BCUT2D eigenvalue weighted by Gasteiger charge is -2.28. The molecule has 1 aliphatic rings. The van der Waals surface area contributed by atoms with Crippen molar-refractivity contribution in [3.63, 3.8) is 0 Å². The topological polar surface area (TPSA) is 45.5 Å². The largest absolute Gasteiger partial charge is 0.354 e. The number of anilines is 1. The van der Waals surface area contributed by atoms with Gasteiger partial charge < -0.3 is 10.2 Å². The summed E-state index contributed by atoms with van der Waals surface area (Å²) in [6.07, 6.45) is 3.85. The van der Waals surface area contributed by atoms with Crippen LogP contribution >= 0.6 is 0 Å². The van der Waals surface area contributed by atoms with E-state index in [2.05, 4.69) is 39.6 Å². The van der Waals surface area contributed by atoms with Crippen molar-refractivity contribution >= 4 is 11.3 Å². The van der Waals surface area contributed by atoms with Crippen LogP contribution < -0.4 is 10.2 Å². The average Bonchev–Trinajstić information content (AvgIpc) is 3.00. The number of nitrogens with one attached hydrogen (secondary N) is 1. The molecule has 0 unspecified atom stereocenters. The molecule has 0 spiro atoms. The molecule has 1 N–H and O–H groups in total. The van der Waals surface area contributed by atoms with Crippen LogP contribution in [0.5, 0.6) is 0 Å². The van der Waals surface area contributed by atoms with Gasteiger partial charge in [0.2, 0.25) is 0 Å². The summed E-state index contributed by atoms with van der Waals surface area (Å²) in [5.74, 6) is 1.05. The molecule has 5 heteroatoms. The molecule has 1 saturated heterocycles. The maximum absolute atomic E-state index is 4.83. The maximum Gasteiger partial charge on any atom is 0.129 e. The number of fused-ring (bicyclic) bond motifs is 1. The third-order valence-corrected chi connectivity index (χ3v) is 3.88. The van der Waals surface area contributed by atoms with Gasteiger partial charge in [0.25, 0.3) is 0 Å². The number of hydrogen-bond donors (Lipinski definition) is 1. The van der Waals surface area contributed by atoms with Crippen molar-refractivity contribution < 1.29 is 0 Å². The van der Waals surface area contributed by atoms with Gasteiger partial charge in [0.1, 0.15) is 5.82 Å². The molecular formula is C16H17N5. The summed E-state index contributed by atoms with van der Waals surface area (Å²) >= 11 is 0. The highest BCUT2D eigenvalue weighted by Gasteiger charge is 2.13. The summed E-state index contributed by atoms with van der Waals surface area (Å²) < 4.78 is 1.88. The highest BCUT2D eigenvalue weighted by molar-refractivity contribution is 5.78. The van der Waals surface area contributed by atoms with Crippen molar-refractivity contribution in [3.05, 3.63) is 48.8 Å². The van der Waals surface area contributed by atoms with Crippen molar-refractivity contribution in [2.24, 2.45) is 0 Å². The number of nitrogens with zero attached hydrogens (tertiary/aromatic N) is 4. The second-order valence-electron chi connectivity index (χ2n) is 5.21. The van der Waals surface area contributed by atoms with Gasteiger partial charge >= 0.3 is 0 Å².